The molecule has 0 unspecified atom stereocenters. The largest absolute Gasteiger partial charge is 0.325 e. The molecule has 1 amide bonds. The van der Waals surface area contributed by atoms with Gasteiger partial charge >= 0.3 is 0 Å². The first-order valence-electron chi connectivity index (χ1n) is 8.37. The van der Waals surface area contributed by atoms with Crippen LogP contribution in [0.3, 0.4) is 0 Å². The van der Waals surface area contributed by atoms with Gasteiger partial charge in [-0.05, 0) is 43.5 Å². The standard InChI is InChI=1S/C19H18N6O2/c1-12-14(13(2)23-19(27)15(12)9-20)7-8-18(26)24-16-5-3-4-6-17(16)25-11-21-10-22-25/h3-6,10-11H,7-8H2,1-2H3,(H,23,27)(H,24,26). The van der Waals surface area contributed by atoms with Crippen molar-refractivity contribution in [3.63, 3.8) is 0 Å². The van der Waals surface area contributed by atoms with Crippen molar-refractivity contribution in [1.29, 1.82) is 5.26 Å². The minimum absolute atomic E-state index is 0.0903. The molecule has 0 aliphatic rings. The number of nitriles is 1. The van der Waals surface area contributed by atoms with E-state index in [1.165, 1.54) is 6.33 Å². The van der Waals surface area contributed by atoms with Gasteiger partial charge in [0.1, 0.15) is 24.3 Å². The van der Waals surface area contributed by atoms with E-state index in [0.717, 1.165) is 5.56 Å². The minimum atomic E-state index is -0.400. The number of anilines is 1. The Morgan fingerprint density at radius 1 is 1.33 bits per heavy atom. The van der Waals surface area contributed by atoms with Gasteiger partial charge in [-0.3, -0.25) is 9.59 Å². The summed E-state index contributed by atoms with van der Waals surface area (Å²) < 4.78 is 1.57. The maximum Gasteiger partial charge on any atom is 0.266 e. The number of benzene rings is 1. The molecular weight excluding hydrogens is 344 g/mol. The number of carbonyl (C=O) groups excluding carboxylic acids is 1. The normalized spacial score (nSPS) is 10.4. The third-order valence-corrected chi connectivity index (χ3v) is 4.37. The van der Waals surface area contributed by atoms with E-state index in [4.69, 9.17) is 5.26 Å². The molecule has 0 saturated carbocycles. The molecule has 0 atom stereocenters. The maximum absolute atomic E-state index is 12.5. The van der Waals surface area contributed by atoms with Gasteiger partial charge in [-0.25, -0.2) is 9.67 Å². The Balaban J connectivity index is 1.76. The Labute approximate surface area is 155 Å². The number of amides is 1. The fourth-order valence-corrected chi connectivity index (χ4v) is 2.98. The molecule has 0 aliphatic heterocycles. The first-order chi connectivity index (χ1) is 13.0. The molecule has 2 N–H and O–H groups in total. The number of aryl methyl sites for hydroxylation is 1. The van der Waals surface area contributed by atoms with Crippen molar-refractivity contribution in [2.24, 2.45) is 0 Å². The highest BCUT2D eigenvalue weighted by Crippen LogP contribution is 2.20. The quantitative estimate of drug-likeness (QED) is 0.720. The monoisotopic (exact) mass is 362 g/mol. The fraction of sp³-hybridized carbons (Fsp3) is 0.211. The van der Waals surface area contributed by atoms with Gasteiger partial charge in [0.05, 0.1) is 11.4 Å². The van der Waals surface area contributed by atoms with Gasteiger partial charge in [0.25, 0.3) is 5.56 Å². The van der Waals surface area contributed by atoms with E-state index in [0.29, 0.717) is 29.1 Å². The second kappa shape index (κ2) is 7.66. The van der Waals surface area contributed by atoms with Crippen LogP contribution in [0.5, 0.6) is 0 Å². The summed E-state index contributed by atoms with van der Waals surface area (Å²) in [6.45, 7) is 3.50. The smallest absolute Gasteiger partial charge is 0.266 e. The van der Waals surface area contributed by atoms with E-state index >= 15 is 0 Å². The molecule has 8 heteroatoms. The molecule has 0 saturated heterocycles. The number of aromatic amines is 1. The van der Waals surface area contributed by atoms with Crippen molar-refractivity contribution in [3.05, 3.63) is 69.7 Å². The number of para-hydroxylation sites is 2. The third-order valence-electron chi connectivity index (χ3n) is 4.37. The van der Waals surface area contributed by atoms with Gasteiger partial charge in [0, 0.05) is 12.1 Å². The van der Waals surface area contributed by atoms with Crippen LogP contribution in [0, 0.1) is 25.2 Å². The Morgan fingerprint density at radius 2 is 2.11 bits per heavy atom. The Kier molecular flexibility index (Phi) is 5.13. The number of hydrogen-bond donors (Lipinski definition) is 2. The van der Waals surface area contributed by atoms with Crippen LogP contribution in [0.1, 0.15) is 28.8 Å². The van der Waals surface area contributed by atoms with Crippen molar-refractivity contribution in [2.45, 2.75) is 26.7 Å². The van der Waals surface area contributed by atoms with Crippen molar-refractivity contribution in [1.82, 2.24) is 19.7 Å². The minimum Gasteiger partial charge on any atom is -0.325 e. The van der Waals surface area contributed by atoms with E-state index in [-0.39, 0.29) is 17.9 Å². The van der Waals surface area contributed by atoms with Crippen molar-refractivity contribution in [3.8, 4) is 11.8 Å². The lowest BCUT2D eigenvalue weighted by Gasteiger charge is -2.12. The number of carbonyl (C=O) groups is 1. The highest BCUT2D eigenvalue weighted by molar-refractivity contribution is 5.92. The van der Waals surface area contributed by atoms with Gasteiger partial charge in [0.2, 0.25) is 5.91 Å². The summed E-state index contributed by atoms with van der Waals surface area (Å²) in [6.07, 6.45) is 3.61. The topological polar surface area (TPSA) is 116 Å². The van der Waals surface area contributed by atoms with Crippen LogP contribution in [0.4, 0.5) is 5.69 Å². The number of hydrogen-bond acceptors (Lipinski definition) is 5. The lowest BCUT2D eigenvalue weighted by atomic mass is 9.99. The highest BCUT2D eigenvalue weighted by Gasteiger charge is 2.14. The van der Waals surface area contributed by atoms with Crippen LogP contribution in [-0.2, 0) is 11.2 Å². The number of aromatic nitrogens is 4. The zero-order valence-electron chi connectivity index (χ0n) is 15.0. The lowest BCUT2D eigenvalue weighted by Crippen LogP contribution is -2.19. The van der Waals surface area contributed by atoms with Crippen molar-refractivity contribution in [2.75, 3.05) is 5.32 Å². The molecule has 1 aromatic carbocycles. The molecule has 0 radical (unpaired) electrons. The van der Waals surface area contributed by atoms with Crippen LogP contribution in [0.15, 0.2) is 41.7 Å². The molecule has 136 valence electrons. The van der Waals surface area contributed by atoms with Crippen LogP contribution in [0.2, 0.25) is 0 Å². The van der Waals surface area contributed by atoms with E-state index < -0.39 is 5.56 Å². The van der Waals surface area contributed by atoms with Gasteiger partial charge < -0.3 is 10.3 Å². The molecule has 0 fully saturated rings. The van der Waals surface area contributed by atoms with E-state index in [9.17, 15) is 9.59 Å². The maximum atomic E-state index is 12.5. The Morgan fingerprint density at radius 3 is 2.81 bits per heavy atom. The predicted octanol–water partition coefficient (Wildman–Crippen LogP) is 2.02. The predicted molar refractivity (Wildman–Crippen MR) is 99.6 cm³/mol. The number of nitrogens with zero attached hydrogens (tertiary/aromatic N) is 4. The van der Waals surface area contributed by atoms with E-state index in [1.54, 1.807) is 30.9 Å². The number of H-pyrrole nitrogens is 1. The molecule has 2 heterocycles. The summed E-state index contributed by atoms with van der Waals surface area (Å²) in [5, 5.41) is 16.1. The molecule has 3 rings (SSSR count). The first kappa shape index (κ1) is 18.1. The Bertz CT molecular complexity index is 1080. The fourth-order valence-electron chi connectivity index (χ4n) is 2.98. The van der Waals surface area contributed by atoms with E-state index in [2.05, 4.69) is 20.4 Å². The molecular formula is C19H18N6O2. The first-order valence-corrected chi connectivity index (χ1v) is 8.37. The average Bonchev–Trinajstić information content (AvgIpc) is 3.16. The van der Waals surface area contributed by atoms with Gasteiger partial charge in [-0.15, -0.1) is 0 Å². The summed E-state index contributed by atoms with van der Waals surface area (Å²) in [4.78, 5) is 30.9. The van der Waals surface area contributed by atoms with Crippen molar-refractivity contribution >= 4 is 11.6 Å². The summed E-state index contributed by atoms with van der Waals surface area (Å²) >= 11 is 0. The van der Waals surface area contributed by atoms with Gasteiger partial charge in [-0.1, -0.05) is 12.1 Å². The van der Waals surface area contributed by atoms with Gasteiger partial charge in [-0.2, -0.15) is 10.4 Å². The average molecular weight is 362 g/mol. The molecule has 3 aromatic rings. The second-order valence-corrected chi connectivity index (χ2v) is 6.07. The lowest BCUT2D eigenvalue weighted by molar-refractivity contribution is -0.116. The molecule has 2 aromatic heterocycles. The third kappa shape index (κ3) is 3.77. The molecule has 0 aliphatic carbocycles. The van der Waals surface area contributed by atoms with Crippen LogP contribution in [0.25, 0.3) is 5.69 Å². The summed E-state index contributed by atoms with van der Waals surface area (Å²) in [6, 6.07) is 9.22. The number of nitrogens with one attached hydrogen (secondary N) is 2. The summed E-state index contributed by atoms with van der Waals surface area (Å²) in [5.41, 5.74) is 3.13. The van der Waals surface area contributed by atoms with E-state index in [1.807, 2.05) is 24.3 Å². The zero-order valence-corrected chi connectivity index (χ0v) is 15.0. The second-order valence-electron chi connectivity index (χ2n) is 6.07. The number of pyridine rings is 1. The summed E-state index contributed by atoms with van der Waals surface area (Å²) in [5.74, 6) is -0.175. The zero-order chi connectivity index (χ0) is 19.4. The highest BCUT2D eigenvalue weighted by atomic mass is 16.1. The molecule has 0 bridgehead atoms. The molecule has 0 spiro atoms. The Hall–Kier alpha value is -3.73. The van der Waals surface area contributed by atoms with Crippen LogP contribution < -0.4 is 10.9 Å². The SMILES string of the molecule is Cc1[nH]c(=O)c(C#N)c(C)c1CCC(=O)Nc1ccccc1-n1cncn1. The van der Waals surface area contributed by atoms with Crippen LogP contribution in [-0.4, -0.2) is 25.7 Å². The van der Waals surface area contributed by atoms with Crippen molar-refractivity contribution < 1.29 is 4.79 Å². The molecule has 8 nitrogen and oxygen atoms in total. The summed E-state index contributed by atoms with van der Waals surface area (Å²) in [7, 11) is 0. The molecule has 27 heavy (non-hydrogen) atoms. The van der Waals surface area contributed by atoms with Crippen LogP contribution >= 0.6 is 0 Å². The van der Waals surface area contributed by atoms with Gasteiger partial charge in [0.15, 0.2) is 0 Å². The number of rotatable bonds is 5.